The van der Waals surface area contributed by atoms with E-state index in [1.807, 2.05) is 55.4 Å². The van der Waals surface area contributed by atoms with E-state index >= 15 is 0 Å². The van der Waals surface area contributed by atoms with E-state index in [0.717, 1.165) is 24.0 Å². The Bertz CT molecular complexity index is 1990. The number of carbonyl (C=O) groups is 2. The highest BCUT2D eigenvalue weighted by molar-refractivity contribution is 5.94. The van der Waals surface area contributed by atoms with Crippen LogP contribution >= 0.6 is 0 Å². The van der Waals surface area contributed by atoms with Crippen LogP contribution in [0.5, 0.6) is 0 Å². The molecule has 15 heteroatoms. The molecule has 2 fully saturated rings. The van der Waals surface area contributed by atoms with Crippen LogP contribution in [0, 0.1) is 0 Å². The highest BCUT2D eigenvalue weighted by atomic mass is 16.3. The zero-order chi connectivity index (χ0) is 37.8. The van der Waals surface area contributed by atoms with Gasteiger partial charge in [0.25, 0.3) is 5.91 Å². The predicted molar refractivity (Wildman–Crippen MR) is 202 cm³/mol. The van der Waals surface area contributed by atoms with E-state index in [0.29, 0.717) is 54.9 Å². The maximum absolute atomic E-state index is 13.9. The van der Waals surface area contributed by atoms with Crippen LogP contribution in [-0.2, 0) is 11.4 Å². The summed E-state index contributed by atoms with van der Waals surface area (Å²) >= 11 is 0. The Morgan fingerprint density at radius 2 is 1.52 bits per heavy atom. The van der Waals surface area contributed by atoms with Crippen molar-refractivity contribution in [3.05, 3.63) is 102 Å². The monoisotopic (exact) mass is 736 g/mol. The van der Waals surface area contributed by atoms with Gasteiger partial charge in [-0.15, -0.1) is 0 Å². The number of fused-ring (bicyclic) bond motifs is 1. The lowest BCUT2D eigenvalue weighted by Crippen LogP contribution is -2.45. The van der Waals surface area contributed by atoms with Crippen molar-refractivity contribution in [1.82, 2.24) is 44.8 Å². The second-order valence-corrected chi connectivity index (χ2v) is 14.6. The summed E-state index contributed by atoms with van der Waals surface area (Å²) < 4.78 is 3.27. The van der Waals surface area contributed by atoms with Crippen molar-refractivity contribution < 1.29 is 24.9 Å². The minimum absolute atomic E-state index is 0.0154. The van der Waals surface area contributed by atoms with Gasteiger partial charge in [-0.25, -0.2) is 15.0 Å². The first-order valence-corrected chi connectivity index (χ1v) is 18.5. The Hall–Kier alpha value is -5.22. The van der Waals surface area contributed by atoms with E-state index in [1.54, 1.807) is 21.8 Å². The molecule has 2 aliphatic rings. The molecule has 0 radical (unpaired) electrons. The van der Waals surface area contributed by atoms with Crippen LogP contribution in [0.2, 0.25) is 0 Å². The Morgan fingerprint density at radius 3 is 2.13 bits per heavy atom. The second kappa shape index (κ2) is 16.4. The highest BCUT2D eigenvalue weighted by Gasteiger charge is 2.44. The van der Waals surface area contributed by atoms with E-state index in [-0.39, 0.29) is 36.3 Å². The van der Waals surface area contributed by atoms with E-state index < -0.39 is 30.2 Å². The van der Waals surface area contributed by atoms with Gasteiger partial charge in [0.15, 0.2) is 11.5 Å². The largest absolute Gasteiger partial charge is 0.392 e. The fourth-order valence-electron chi connectivity index (χ4n) is 7.74. The molecule has 284 valence electrons. The highest BCUT2D eigenvalue weighted by Crippen LogP contribution is 2.40. The summed E-state index contributed by atoms with van der Waals surface area (Å²) in [5.41, 5.74) is 3.58. The lowest BCUT2D eigenvalue weighted by atomic mass is 9.91. The zero-order valence-electron chi connectivity index (χ0n) is 30.5. The molecule has 2 unspecified atom stereocenters. The number of hydrogen-bond donors (Lipinski definition) is 6. The lowest BCUT2D eigenvalue weighted by Gasteiger charge is -2.29. The average molecular weight is 737 g/mol. The Kier molecular flexibility index (Phi) is 11.3. The number of hydrogen-bond acceptors (Lipinski definition) is 11. The van der Waals surface area contributed by atoms with Crippen molar-refractivity contribution >= 4 is 28.8 Å². The summed E-state index contributed by atoms with van der Waals surface area (Å²) in [6.07, 6.45) is 5.57. The normalized spacial score (nSPS) is 22.9. The molecule has 4 atom stereocenters. The third-order valence-electron chi connectivity index (χ3n) is 10.5. The number of carbonyl (C=O) groups excluding carboxylic acids is 2. The van der Waals surface area contributed by atoms with E-state index in [2.05, 4.69) is 50.3 Å². The molecule has 0 aliphatic heterocycles. The number of rotatable bonds is 13. The standard InChI is InChI=1S/C39H48N10O5/c1-47(2)21-32(51)43-27-13-15-28(16-14-27)44-39(54)37-45-36(40-19-29(25-9-5-3-6-10-25)26-11-7-4-8-12-26)33-38(46-37)48(23-41-33)30-17-31(35(53)34(30)52)49-20-24(22-50)18-42-49/h3-12,18,20,23,27-31,34-35,50,52-53H,13-17,19,21-22H2,1-2H3,(H,43,51)(H,44,54)(H,40,45,46)/t27?,28?,30-,31+,34?,35?/m1/s1. The molecule has 3 aromatic heterocycles. The number of nitrogens with one attached hydrogen (secondary N) is 3. The quantitative estimate of drug-likeness (QED) is 0.104. The fourth-order valence-corrected chi connectivity index (χ4v) is 7.74. The fraction of sp³-hybridized carbons (Fsp3) is 0.436. The van der Waals surface area contributed by atoms with Crippen LogP contribution in [0.1, 0.15) is 77.4 Å². The number of aliphatic hydroxyl groups excluding tert-OH is 3. The number of aromatic nitrogens is 6. The maximum atomic E-state index is 13.9. The van der Waals surface area contributed by atoms with Gasteiger partial charge in [-0.3, -0.25) is 14.3 Å². The smallest absolute Gasteiger partial charge is 0.289 e. The number of nitrogens with zero attached hydrogens (tertiary/aromatic N) is 7. The lowest BCUT2D eigenvalue weighted by molar-refractivity contribution is -0.122. The van der Waals surface area contributed by atoms with Gasteiger partial charge >= 0.3 is 0 Å². The number of anilines is 1. The van der Waals surface area contributed by atoms with Gasteiger partial charge in [0.1, 0.15) is 17.7 Å². The van der Waals surface area contributed by atoms with Gasteiger partial charge in [0, 0.05) is 36.3 Å². The molecule has 2 amide bonds. The van der Waals surface area contributed by atoms with Crippen molar-refractivity contribution in [2.24, 2.45) is 0 Å². The number of benzene rings is 2. The van der Waals surface area contributed by atoms with Crippen LogP contribution in [0.15, 0.2) is 79.4 Å². The average Bonchev–Trinajstić information content (AvgIpc) is 3.90. The molecule has 2 aliphatic carbocycles. The van der Waals surface area contributed by atoms with E-state index in [9.17, 15) is 24.9 Å². The molecule has 5 aromatic rings. The van der Waals surface area contributed by atoms with Gasteiger partial charge in [-0.05, 0) is 57.3 Å². The molecule has 2 aromatic carbocycles. The Morgan fingerprint density at radius 1 is 0.889 bits per heavy atom. The molecule has 2 saturated carbocycles. The van der Waals surface area contributed by atoms with Crippen molar-refractivity contribution in [1.29, 1.82) is 0 Å². The third kappa shape index (κ3) is 8.14. The van der Waals surface area contributed by atoms with Gasteiger partial charge in [-0.2, -0.15) is 5.10 Å². The summed E-state index contributed by atoms with van der Waals surface area (Å²) in [6.45, 7) is 0.575. The van der Waals surface area contributed by atoms with Crippen molar-refractivity contribution in [2.75, 3.05) is 32.5 Å². The number of likely N-dealkylation sites (N-methyl/N-ethyl adjacent to an activating group) is 1. The number of imidazole rings is 1. The molecular weight excluding hydrogens is 688 g/mol. The molecule has 0 saturated heterocycles. The third-order valence-corrected chi connectivity index (χ3v) is 10.5. The minimum atomic E-state index is -1.19. The first-order valence-electron chi connectivity index (χ1n) is 18.5. The summed E-state index contributed by atoms with van der Waals surface area (Å²) in [7, 11) is 3.71. The predicted octanol–water partition coefficient (Wildman–Crippen LogP) is 2.39. The molecule has 0 bridgehead atoms. The van der Waals surface area contributed by atoms with Gasteiger partial charge in [-0.1, -0.05) is 60.7 Å². The van der Waals surface area contributed by atoms with Crippen LogP contribution < -0.4 is 16.0 Å². The maximum Gasteiger partial charge on any atom is 0.289 e. The first kappa shape index (κ1) is 37.1. The molecule has 7 rings (SSSR count). The number of aliphatic hydroxyl groups is 3. The van der Waals surface area contributed by atoms with E-state index in [1.165, 1.54) is 6.20 Å². The van der Waals surface area contributed by atoms with Crippen molar-refractivity contribution in [3.63, 3.8) is 0 Å². The molecular formula is C39H48N10O5. The second-order valence-electron chi connectivity index (χ2n) is 14.6. The van der Waals surface area contributed by atoms with Crippen LogP contribution in [-0.4, -0.2) is 113 Å². The SMILES string of the molecule is CN(C)CC(=O)NC1CCC(NC(=O)c2nc(NCC(c3ccccc3)c3ccccc3)c3ncn([C@@H]4C[C@H](n5cc(CO)cn5)C(O)C4O)c3n2)CC1. The summed E-state index contributed by atoms with van der Waals surface area (Å²) in [5, 5.41) is 46.1. The molecule has 6 N–H and O–H groups in total. The van der Waals surface area contributed by atoms with Crippen LogP contribution in [0.3, 0.4) is 0 Å². The van der Waals surface area contributed by atoms with Crippen LogP contribution in [0.4, 0.5) is 5.82 Å². The van der Waals surface area contributed by atoms with Crippen molar-refractivity contribution in [3.8, 4) is 0 Å². The zero-order valence-corrected chi connectivity index (χ0v) is 30.5. The first-order chi connectivity index (χ1) is 26.2. The molecule has 54 heavy (non-hydrogen) atoms. The van der Waals surface area contributed by atoms with Gasteiger partial charge in [0.05, 0.1) is 37.8 Å². The molecule has 3 heterocycles. The number of amides is 2. The minimum Gasteiger partial charge on any atom is -0.392 e. The molecule has 15 nitrogen and oxygen atoms in total. The molecule has 0 spiro atoms. The van der Waals surface area contributed by atoms with Gasteiger partial charge < -0.3 is 40.7 Å². The van der Waals surface area contributed by atoms with Crippen molar-refractivity contribution in [2.45, 2.75) is 81.0 Å². The van der Waals surface area contributed by atoms with Gasteiger partial charge in [0.2, 0.25) is 11.7 Å². The summed E-state index contributed by atoms with van der Waals surface area (Å²) in [4.78, 5) is 42.2. The van der Waals surface area contributed by atoms with Crippen LogP contribution in [0.25, 0.3) is 11.2 Å². The van der Waals surface area contributed by atoms with E-state index in [4.69, 9.17) is 9.97 Å². The topological polar surface area (TPSA) is 196 Å². The summed E-state index contributed by atoms with van der Waals surface area (Å²) in [6, 6.07) is 19.0. The Labute approximate surface area is 313 Å². The Balaban J connectivity index is 1.17. The summed E-state index contributed by atoms with van der Waals surface area (Å²) in [5.74, 6) is -0.173.